The first-order chi connectivity index (χ1) is 19.0. The molecule has 9 heteroatoms. The molecule has 0 spiro atoms. The number of carbonyl (C=O) groups excluding carboxylic acids is 1. The average molecular weight is 550 g/mol. The van der Waals surface area contributed by atoms with Gasteiger partial charge in [-0.2, -0.15) is 5.10 Å². The van der Waals surface area contributed by atoms with Crippen LogP contribution in [0.2, 0.25) is 0 Å². The SMILES string of the molecule is CCOC(=O)c1cn(C2CC2)c2c(OC)c(-c3cc4c(s3)CCC/C4=N\N3CCC[C@@H]3COC)ccc2c1=O. The third kappa shape index (κ3) is 4.76. The molecule has 1 aliphatic heterocycles. The molecule has 206 valence electrons. The zero-order chi connectivity index (χ0) is 27.1. The first-order valence-electron chi connectivity index (χ1n) is 13.9. The maximum Gasteiger partial charge on any atom is 0.343 e. The highest BCUT2D eigenvalue weighted by Gasteiger charge is 2.31. The molecule has 2 aliphatic carbocycles. The van der Waals surface area contributed by atoms with Gasteiger partial charge in [0.1, 0.15) is 5.56 Å². The normalized spacial score (nSPS) is 20.0. The molecule has 1 saturated carbocycles. The van der Waals surface area contributed by atoms with Crippen LogP contribution >= 0.6 is 11.3 Å². The van der Waals surface area contributed by atoms with Crippen molar-refractivity contribution in [1.29, 1.82) is 0 Å². The van der Waals surface area contributed by atoms with E-state index in [0.717, 1.165) is 73.2 Å². The Morgan fingerprint density at radius 3 is 2.72 bits per heavy atom. The van der Waals surface area contributed by atoms with Crippen molar-refractivity contribution < 1.29 is 19.0 Å². The van der Waals surface area contributed by atoms with Crippen molar-refractivity contribution >= 4 is 33.9 Å². The van der Waals surface area contributed by atoms with E-state index in [9.17, 15) is 9.59 Å². The van der Waals surface area contributed by atoms with Gasteiger partial charge in [0.2, 0.25) is 5.43 Å². The van der Waals surface area contributed by atoms with Gasteiger partial charge in [0.05, 0.1) is 43.0 Å². The second-order valence-electron chi connectivity index (χ2n) is 10.5. The number of ether oxygens (including phenoxy) is 3. The van der Waals surface area contributed by atoms with Crippen molar-refractivity contribution in [2.75, 3.05) is 34.0 Å². The van der Waals surface area contributed by atoms with Crippen molar-refractivity contribution in [1.82, 2.24) is 9.58 Å². The molecule has 1 aromatic carbocycles. The third-order valence-corrected chi connectivity index (χ3v) is 9.17. The van der Waals surface area contributed by atoms with E-state index in [1.54, 1.807) is 38.7 Å². The molecule has 3 aromatic rings. The van der Waals surface area contributed by atoms with Crippen LogP contribution in [0.5, 0.6) is 5.75 Å². The first kappa shape index (κ1) is 26.1. The molecule has 2 aromatic heterocycles. The fourth-order valence-electron chi connectivity index (χ4n) is 5.93. The first-order valence-corrected chi connectivity index (χ1v) is 14.7. The van der Waals surface area contributed by atoms with E-state index in [0.29, 0.717) is 23.8 Å². The second-order valence-corrected chi connectivity index (χ2v) is 11.7. The zero-order valence-corrected chi connectivity index (χ0v) is 23.6. The van der Waals surface area contributed by atoms with Crippen LogP contribution in [0.15, 0.2) is 34.3 Å². The Bertz CT molecular complexity index is 1500. The molecule has 3 heterocycles. The summed E-state index contributed by atoms with van der Waals surface area (Å²) in [6.45, 7) is 3.64. The number of rotatable bonds is 8. The van der Waals surface area contributed by atoms with E-state index in [2.05, 4.69) is 15.6 Å². The lowest BCUT2D eigenvalue weighted by Crippen LogP contribution is -2.30. The Labute approximate surface area is 232 Å². The summed E-state index contributed by atoms with van der Waals surface area (Å²) in [6.07, 6.45) is 9.01. The minimum absolute atomic E-state index is 0.0761. The van der Waals surface area contributed by atoms with Gasteiger partial charge in [-0.15, -0.1) is 11.3 Å². The van der Waals surface area contributed by atoms with Gasteiger partial charge < -0.3 is 18.8 Å². The molecule has 1 saturated heterocycles. The number of hydrazone groups is 1. The number of hydrogen-bond donors (Lipinski definition) is 0. The van der Waals surface area contributed by atoms with Crippen LogP contribution in [0.3, 0.4) is 0 Å². The van der Waals surface area contributed by atoms with Crippen LogP contribution in [-0.2, 0) is 15.9 Å². The summed E-state index contributed by atoms with van der Waals surface area (Å²) in [7, 11) is 3.41. The van der Waals surface area contributed by atoms with Crippen LogP contribution in [-0.4, -0.2) is 61.3 Å². The average Bonchev–Trinajstić information content (AvgIpc) is 3.54. The highest BCUT2D eigenvalue weighted by Crippen LogP contribution is 2.45. The van der Waals surface area contributed by atoms with Crippen LogP contribution in [0, 0.1) is 0 Å². The molecule has 0 bridgehead atoms. The smallest absolute Gasteiger partial charge is 0.343 e. The summed E-state index contributed by atoms with van der Waals surface area (Å²) in [5, 5.41) is 7.83. The quantitative estimate of drug-likeness (QED) is 0.350. The predicted octanol–water partition coefficient (Wildman–Crippen LogP) is 5.40. The maximum atomic E-state index is 13.4. The van der Waals surface area contributed by atoms with Crippen LogP contribution in [0.25, 0.3) is 21.3 Å². The number of hydrogen-bond acceptors (Lipinski definition) is 8. The van der Waals surface area contributed by atoms with Crippen molar-refractivity contribution in [3.05, 3.63) is 50.6 Å². The van der Waals surface area contributed by atoms with Gasteiger partial charge in [-0.3, -0.25) is 9.80 Å². The number of benzene rings is 1. The molecule has 0 radical (unpaired) electrons. The van der Waals surface area contributed by atoms with Gasteiger partial charge in [-0.1, -0.05) is 0 Å². The van der Waals surface area contributed by atoms with Crippen LogP contribution < -0.4 is 10.2 Å². The number of methoxy groups -OCH3 is 2. The number of fused-ring (bicyclic) bond motifs is 2. The topological polar surface area (TPSA) is 82.4 Å². The molecule has 8 nitrogen and oxygen atoms in total. The number of aryl methyl sites for hydroxylation is 1. The van der Waals surface area contributed by atoms with E-state index < -0.39 is 5.97 Å². The summed E-state index contributed by atoms with van der Waals surface area (Å²) in [5.41, 5.74) is 3.84. The monoisotopic (exact) mass is 549 g/mol. The highest BCUT2D eigenvalue weighted by atomic mass is 32.1. The molecular weight excluding hydrogens is 514 g/mol. The molecular formula is C30H35N3O5S. The molecule has 0 unspecified atom stereocenters. The van der Waals surface area contributed by atoms with Gasteiger partial charge >= 0.3 is 5.97 Å². The number of pyridine rings is 1. The standard InChI is InChI=1S/C30H35N3O5S/c1-4-38-30(35)23-16-32(18-10-11-18)27-21(28(23)34)13-12-20(29(27)37-3)26-15-22-24(8-5-9-25(22)39-26)31-33-14-6-7-19(33)17-36-2/h12-13,15-16,18-19H,4-11,14,17H2,1-3H3/b31-24+/t19-/m1/s1. The minimum Gasteiger partial charge on any atom is -0.494 e. The van der Waals surface area contributed by atoms with Crippen molar-refractivity contribution in [2.45, 2.75) is 64.0 Å². The van der Waals surface area contributed by atoms with Crippen molar-refractivity contribution in [3.63, 3.8) is 0 Å². The summed E-state index contributed by atoms with van der Waals surface area (Å²) in [5.74, 6) is 0.0917. The zero-order valence-electron chi connectivity index (χ0n) is 22.8. The van der Waals surface area contributed by atoms with Gasteiger partial charge in [0.25, 0.3) is 0 Å². The molecule has 0 N–H and O–H groups in total. The van der Waals surface area contributed by atoms with E-state index in [-0.39, 0.29) is 23.6 Å². The second kappa shape index (κ2) is 10.8. The number of aromatic nitrogens is 1. The van der Waals surface area contributed by atoms with Gasteiger partial charge in [-0.25, -0.2) is 4.79 Å². The molecule has 0 amide bonds. The van der Waals surface area contributed by atoms with E-state index in [1.165, 1.54) is 10.4 Å². The fraction of sp³-hybridized carbons (Fsp3) is 0.500. The summed E-state index contributed by atoms with van der Waals surface area (Å²) in [4.78, 5) is 28.4. The van der Waals surface area contributed by atoms with E-state index >= 15 is 0 Å². The Balaban J connectivity index is 1.45. The van der Waals surface area contributed by atoms with Crippen molar-refractivity contribution in [3.8, 4) is 16.2 Å². The lowest BCUT2D eigenvalue weighted by atomic mass is 9.96. The van der Waals surface area contributed by atoms with Gasteiger partial charge in [0, 0.05) is 46.8 Å². The Morgan fingerprint density at radius 1 is 1.13 bits per heavy atom. The molecule has 2 fully saturated rings. The molecule has 39 heavy (non-hydrogen) atoms. The lowest BCUT2D eigenvalue weighted by molar-refractivity contribution is 0.0524. The van der Waals surface area contributed by atoms with E-state index in [4.69, 9.17) is 19.3 Å². The predicted molar refractivity (Wildman–Crippen MR) is 153 cm³/mol. The number of esters is 1. The van der Waals surface area contributed by atoms with Crippen LogP contribution in [0.1, 0.15) is 72.3 Å². The van der Waals surface area contributed by atoms with Crippen LogP contribution in [0.4, 0.5) is 0 Å². The Kier molecular flexibility index (Phi) is 7.20. The maximum absolute atomic E-state index is 13.4. The Hall–Kier alpha value is -3.17. The fourth-order valence-corrected chi connectivity index (χ4v) is 7.18. The van der Waals surface area contributed by atoms with E-state index in [1.807, 2.05) is 12.1 Å². The third-order valence-electron chi connectivity index (χ3n) is 7.94. The summed E-state index contributed by atoms with van der Waals surface area (Å²) >= 11 is 1.78. The minimum atomic E-state index is -0.578. The largest absolute Gasteiger partial charge is 0.494 e. The molecule has 3 aliphatic rings. The number of carbonyl (C=O) groups is 1. The summed E-state index contributed by atoms with van der Waals surface area (Å²) in [6, 6.07) is 6.62. The number of thiophene rings is 1. The number of nitrogens with zero attached hydrogens (tertiary/aromatic N) is 3. The van der Waals surface area contributed by atoms with Crippen molar-refractivity contribution in [2.24, 2.45) is 5.10 Å². The van der Waals surface area contributed by atoms with Gasteiger partial charge in [-0.05, 0) is 70.1 Å². The molecule has 6 rings (SSSR count). The van der Waals surface area contributed by atoms with Gasteiger partial charge in [0.15, 0.2) is 5.75 Å². The Morgan fingerprint density at radius 2 is 1.97 bits per heavy atom. The molecule has 1 atom stereocenters. The lowest BCUT2D eigenvalue weighted by Gasteiger charge is -2.23. The summed E-state index contributed by atoms with van der Waals surface area (Å²) < 4.78 is 18.7. The highest BCUT2D eigenvalue weighted by molar-refractivity contribution is 7.16.